The standard InChI is InChI=1S/C21H25N3O3/c1-3-16-4-8-18(9-5-16)22-21(26)24-14-12-23(13-15-24)19-10-6-17(7-11-19)20(25)27-2/h4-11H,3,12-15H2,1-2H3,(H,22,26). The zero-order valence-corrected chi connectivity index (χ0v) is 15.8. The van der Waals surface area contributed by atoms with Crippen molar-refractivity contribution in [1.82, 2.24) is 4.90 Å². The van der Waals surface area contributed by atoms with Crippen LogP contribution in [0.3, 0.4) is 0 Å². The number of methoxy groups -OCH3 is 1. The zero-order chi connectivity index (χ0) is 19.2. The lowest BCUT2D eigenvalue weighted by Crippen LogP contribution is -2.50. The Balaban J connectivity index is 1.53. The van der Waals surface area contributed by atoms with Gasteiger partial charge in [-0.25, -0.2) is 9.59 Å². The maximum absolute atomic E-state index is 12.5. The lowest BCUT2D eigenvalue weighted by molar-refractivity contribution is 0.0600. The minimum Gasteiger partial charge on any atom is -0.465 e. The molecule has 1 heterocycles. The number of benzene rings is 2. The number of esters is 1. The normalized spacial score (nSPS) is 14.0. The van der Waals surface area contributed by atoms with Gasteiger partial charge < -0.3 is 19.9 Å². The van der Waals surface area contributed by atoms with Crippen LogP contribution in [-0.4, -0.2) is 50.2 Å². The highest BCUT2D eigenvalue weighted by atomic mass is 16.5. The molecule has 0 atom stereocenters. The summed E-state index contributed by atoms with van der Waals surface area (Å²) < 4.78 is 4.72. The Morgan fingerprint density at radius 3 is 2.15 bits per heavy atom. The first kappa shape index (κ1) is 18.8. The van der Waals surface area contributed by atoms with Crippen molar-refractivity contribution < 1.29 is 14.3 Å². The summed E-state index contributed by atoms with van der Waals surface area (Å²) in [6, 6.07) is 15.2. The predicted molar refractivity (Wildman–Crippen MR) is 106 cm³/mol. The topological polar surface area (TPSA) is 61.9 Å². The van der Waals surface area contributed by atoms with Gasteiger partial charge in [0, 0.05) is 37.6 Å². The molecule has 0 radical (unpaired) electrons. The van der Waals surface area contributed by atoms with Gasteiger partial charge in [0.05, 0.1) is 12.7 Å². The first-order valence-electron chi connectivity index (χ1n) is 9.19. The Morgan fingerprint density at radius 1 is 0.963 bits per heavy atom. The number of piperazine rings is 1. The quantitative estimate of drug-likeness (QED) is 0.842. The van der Waals surface area contributed by atoms with Crippen LogP contribution in [0.5, 0.6) is 0 Å². The second-order valence-electron chi connectivity index (χ2n) is 6.49. The SMILES string of the molecule is CCc1ccc(NC(=O)N2CCN(c3ccc(C(=O)OC)cc3)CC2)cc1. The van der Waals surface area contributed by atoms with Crippen molar-refractivity contribution in [2.24, 2.45) is 0 Å². The third kappa shape index (κ3) is 4.58. The molecular weight excluding hydrogens is 342 g/mol. The largest absolute Gasteiger partial charge is 0.465 e. The number of amides is 2. The Bertz CT molecular complexity index is 779. The number of hydrogen-bond acceptors (Lipinski definition) is 4. The van der Waals surface area contributed by atoms with Crippen LogP contribution in [0, 0.1) is 0 Å². The average Bonchev–Trinajstić information content (AvgIpc) is 2.74. The number of carbonyl (C=O) groups excluding carboxylic acids is 2. The van der Waals surface area contributed by atoms with Gasteiger partial charge in [0.25, 0.3) is 0 Å². The van der Waals surface area contributed by atoms with Crippen LogP contribution in [0.25, 0.3) is 0 Å². The molecule has 1 aliphatic heterocycles. The summed E-state index contributed by atoms with van der Waals surface area (Å²) in [6.45, 7) is 4.91. The lowest BCUT2D eigenvalue weighted by atomic mass is 10.1. The smallest absolute Gasteiger partial charge is 0.337 e. The van der Waals surface area contributed by atoms with E-state index < -0.39 is 0 Å². The monoisotopic (exact) mass is 367 g/mol. The maximum Gasteiger partial charge on any atom is 0.337 e. The molecule has 0 aromatic heterocycles. The fourth-order valence-corrected chi connectivity index (χ4v) is 3.12. The van der Waals surface area contributed by atoms with Crippen LogP contribution in [0.2, 0.25) is 0 Å². The van der Waals surface area contributed by atoms with Crippen LogP contribution in [0.1, 0.15) is 22.8 Å². The molecule has 0 saturated carbocycles. The fraction of sp³-hybridized carbons (Fsp3) is 0.333. The number of nitrogens with one attached hydrogen (secondary N) is 1. The molecule has 6 heteroatoms. The number of carbonyl (C=O) groups is 2. The molecule has 3 rings (SSSR count). The van der Waals surface area contributed by atoms with Crippen LogP contribution in [-0.2, 0) is 11.2 Å². The predicted octanol–water partition coefficient (Wildman–Crippen LogP) is 3.39. The van der Waals surface area contributed by atoms with Crippen molar-refractivity contribution in [3.63, 3.8) is 0 Å². The second kappa shape index (κ2) is 8.58. The molecule has 0 unspecified atom stereocenters. The fourth-order valence-electron chi connectivity index (χ4n) is 3.12. The number of rotatable bonds is 4. The third-order valence-electron chi connectivity index (χ3n) is 4.83. The Morgan fingerprint density at radius 2 is 1.59 bits per heavy atom. The van der Waals surface area contributed by atoms with Gasteiger partial charge in [0.15, 0.2) is 0 Å². The van der Waals surface area contributed by atoms with Gasteiger partial charge in [-0.1, -0.05) is 19.1 Å². The Labute approximate surface area is 159 Å². The van der Waals surface area contributed by atoms with Crippen molar-refractivity contribution >= 4 is 23.4 Å². The van der Waals surface area contributed by atoms with Gasteiger partial charge in [0.1, 0.15) is 0 Å². The molecule has 0 spiro atoms. The lowest BCUT2D eigenvalue weighted by Gasteiger charge is -2.36. The summed E-state index contributed by atoms with van der Waals surface area (Å²) in [5, 5.41) is 2.96. The molecule has 0 aliphatic carbocycles. The maximum atomic E-state index is 12.5. The molecule has 6 nitrogen and oxygen atoms in total. The minimum atomic E-state index is -0.338. The van der Waals surface area contributed by atoms with Crippen molar-refractivity contribution in [3.05, 3.63) is 59.7 Å². The summed E-state index contributed by atoms with van der Waals surface area (Å²) in [5.74, 6) is -0.338. The van der Waals surface area contributed by atoms with Crippen LogP contribution in [0.4, 0.5) is 16.2 Å². The Kier molecular flexibility index (Phi) is 5.96. The van der Waals surface area contributed by atoms with E-state index in [1.165, 1.54) is 12.7 Å². The van der Waals surface area contributed by atoms with Crippen LogP contribution < -0.4 is 10.2 Å². The van der Waals surface area contributed by atoms with E-state index >= 15 is 0 Å². The highest BCUT2D eigenvalue weighted by Gasteiger charge is 2.21. The number of anilines is 2. The van der Waals surface area contributed by atoms with Crippen molar-refractivity contribution in [2.45, 2.75) is 13.3 Å². The number of hydrogen-bond donors (Lipinski definition) is 1. The van der Waals surface area contributed by atoms with E-state index in [0.717, 1.165) is 30.9 Å². The summed E-state index contributed by atoms with van der Waals surface area (Å²) in [4.78, 5) is 28.0. The number of aryl methyl sites for hydroxylation is 1. The van der Waals surface area contributed by atoms with Gasteiger partial charge in [-0.05, 0) is 48.4 Å². The molecule has 0 bridgehead atoms. The summed E-state index contributed by atoms with van der Waals surface area (Å²) in [5.41, 5.74) is 3.64. The first-order chi connectivity index (χ1) is 13.1. The van der Waals surface area contributed by atoms with Gasteiger partial charge in [-0.3, -0.25) is 0 Å². The molecular formula is C21H25N3O3. The highest BCUT2D eigenvalue weighted by molar-refractivity contribution is 5.90. The summed E-state index contributed by atoms with van der Waals surface area (Å²) >= 11 is 0. The van der Waals surface area contributed by atoms with Crippen molar-refractivity contribution in [3.8, 4) is 0 Å². The van der Waals surface area contributed by atoms with E-state index in [0.29, 0.717) is 18.7 Å². The molecule has 1 saturated heterocycles. The summed E-state index contributed by atoms with van der Waals surface area (Å²) in [7, 11) is 1.37. The second-order valence-corrected chi connectivity index (χ2v) is 6.49. The van der Waals surface area contributed by atoms with Gasteiger partial charge in [-0.2, -0.15) is 0 Å². The summed E-state index contributed by atoms with van der Waals surface area (Å²) in [6.07, 6.45) is 0.983. The van der Waals surface area contributed by atoms with Crippen molar-refractivity contribution in [2.75, 3.05) is 43.5 Å². The Hall–Kier alpha value is -3.02. The number of nitrogens with zero attached hydrogens (tertiary/aromatic N) is 2. The number of ether oxygens (including phenoxy) is 1. The van der Waals surface area contributed by atoms with Crippen molar-refractivity contribution in [1.29, 1.82) is 0 Å². The molecule has 142 valence electrons. The third-order valence-corrected chi connectivity index (χ3v) is 4.83. The molecule has 1 aliphatic rings. The van der Waals surface area contributed by atoms with E-state index in [2.05, 4.69) is 17.1 Å². The van der Waals surface area contributed by atoms with Crippen LogP contribution >= 0.6 is 0 Å². The first-order valence-corrected chi connectivity index (χ1v) is 9.19. The van der Waals surface area contributed by atoms with Gasteiger partial charge in [0.2, 0.25) is 0 Å². The van der Waals surface area contributed by atoms with Gasteiger partial charge in [-0.15, -0.1) is 0 Å². The van der Waals surface area contributed by atoms with E-state index in [1.807, 2.05) is 41.3 Å². The molecule has 1 N–H and O–H groups in total. The van der Waals surface area contributed by atoms with Gasteiger partial charge >= 0.3 is 12.0 Å². The molecule has 2 aromatic carbocycles. The van der Waals surface area contributed by atoms with E-state index in [-0.39, 0.29) is 12.0 Å². The minimum absolute atomic E-state index is 0.0695. The van der Waals surface area contributed by atoms with Crippen LogP contribution in [0.15, 0.2) is 48.5 Å². The molecule has 2 aromatic rings. The number of urea groups is 1. The van der Waals surface area contributed by atoms with E-state index in [4.69, 9.17) is 4.74 Å². The average molecular weight is 367 g/mol. The molecule has 2 amide bonds. The van der Waals surface area contributed by atoms with E-state index in [1.54, 1.807) is 12.1 Å². The molecule has 27 heavy (non-hydrogen) atoms. The molecule has 1 fully saturated rings. The van der Waals surface area contributed by atoms with E-state index in [9.17, 15) is 9.59 Å². The zero-order valence-electron chi connectivity index (χ0n) is 15.8. The highest BCUT2D eigenvalue weighted by Crippen LogP contribution is 2.18.